The maximum atomic E-state index is 12.5. The Kier molecular flexibility index (Phi) is 6.63. The maximum absolute atomic E-state index is 12.5. The van der Waals surface area contributed by atoms with Crippen LogP contribution in [-0.4, -0.2) is 23.3 Å². The van der Waals surface area contributed by atoms with Gasteiger partial charge in [-0.25, -0.2) is 4.98 Å². The van der Waals surface area contributed by atoms with Crippen LogP contribution in [0.4, 0.5) is 13.9 Å². The molecule has 1 amide bonds. The van der Waals surface area contributed by atoms with E-state index in [0.29, 0.717) is 39.5 Å². The van der Waals surface area contributed by atoms with E-state index >= 15 is 0 Å². The van der Waals surface area contributed by atoms with E-state index in [4.69, 9.17) is 4.74 Å². The molecule has 0 saturated carbocycles. The number of alkyl halides is 2. The summed E-state index contributed by atoms with van der Waals surface area (Å²) in [5.74, 6) is -2.02. The molecule has 0 radical (unpaired) electrons. The van der Waals surface area contributed by atoms with Crippen molar-refractivity contribution in [3.8, 4) is 5.75 Å². The SMILES string of the molecule is CCCCOc1ccc(C(=O)Nc2nc3ccc(SC(F)F)cc3s2)cc1. The fourth-order valence-electron chi connectivity index (χ4n) is 2.34. The van der Waals surface area contributed by atoms with Crippen LogP contribution in [0.2, 0.25) is 0 Å². The predicted molar refractivity (Wildman–Crippen MR) is 106 cm³/mol. The number of aromatic nitrogens is 1. The maximum Gasteiger partial charge on any atom is 0.288 e. The number of nitrogens with one attached hydrogen (secondary N) is 1. The molecule has 8 heteroatoms. The van der Waals surface area contributed by atoms with Gasteiger partial charge in [0.05, 0.1) is 16.8 Å². The number of benzene rings is 2. The average molecular weight is 408 g/mol. The minimum atomic E-state index is -2.47. The first-order valence-corrected chi connectivity index (χ1v) is 10.1. The Hall–Kier alpha value is -2.19. The molecule has 0 fully saturated rings. The van der Waals surface area contributed by atoms with Gasteiger partial charge in [0.25, 0.3) is 11.7 Å². The highest BCUT2D eigenvalue weighted by atomic mass is 32.2. The number of carbonyl (C=O) groups is 1. The van der Waals surface area contributed by atoms with Crippen LogP contribution in [0, 0.1) is 0 Å². The van der Waals surface area contributed by atoms with Crippen molar-refractivity contribution in [2.45, 2.75) is 30.4 Å². The van der Waals surface area contributed by atoms with E-state index < -0.39 is 5.76 Å². The first-order chi connectivity index (χ1) is 13.0. The fourth-order valence-corrected chi connectivity index (χ4v) is 3.85. The van der Waals surface area contributed by atoms with E-state index in [1.54, 1.807) is 42.5 Å². The topological polar surface area (TPSA) is 51.2 Å². The molecule has 1 heterocycles. The molecular formula is C19H18F2N2O2S2. The van der Waals surface area contributed by atoms with Gasteiger partial charge in [-0.2, -0.15) is 8.78 Å². The second kappa shape index (κ2) is 9.14. The van der Waals surface area contributed by atoms with Crippen molar-refractivity contribution < 1.29 is 18.3 Å². The first-order valence-electron chi connectivity index (χ1n) is 8.45. The highest BCUT2D eigenvalue weighted by Gasteiger charge is 2.12. The van der Waals surface area contributed by atoms with E-state index in [9.17, 15) is 13.6 Å². The van der Waals surface area contributed by atoms with E-state index in [2.05, 4.69) is 17.2 Å². The minimum absolute atomic E-state index is 0.281. The Morgan fingerprint density at radius 3 is 2.74 bits per heavy atom. The van der Waals surface area contributed by atoms with Gasteiger partial charge < -0.3 is 4.74 Å². The number of thiazole rings is 1. The highest BCUT2D eigenvalue weighted by molar-refractivity contribution is 7.99. The molecular weight excluding hydrogens is 390 g/mol. The number of halogens is 2. The van der Waals surface area contributed by atoms with Crippen molar-refractivity contribution >= 4 is 44.4 Å². The summed E-state index contributed by atoms with van der Waals surface area (Å²) >= 11 is 1.74. The summed E-state index contributed by atoms with van der Waals surface area (Å²) in [5, 5.41) is 3.18. The molecule has 27 heavy (non-hydrogen) atoms. The number of nitrogens with zero attached hydrogens (tertiary/aromatic N) is 1. The number of fused-ring (bicyclic) bond motifs is 1. The molecule has 142 valence electrons. The minimum Gasteiger partial charge on any atom is -0.494 e. The number of rotatable bonds is 8. The summed E-state index contributed by atoms with van der Waals surface area (Å²) < 4.78 is 31.3. The molecule has 1 aromatic heterocycles. The lowest BCUT2D eigenvalue weighted by Crippen LogP contribution is -2.11. The Balaban J connectivity index is 1.66. The molecule has 0 aliphatic heterocycles. The predicted octanol–water partition coefficient (Wildman–Crippen LogP) is 6.04. The Morgan fingerprint density at radius 1 is 1.26 bits per heavy atom. The van der Waals surface area contributed by atoms with Crippen LogP contribution < -0.4 is 10.1 Å². The molecule has 0 unspecified atom stereocenters. The monoisotopic (exact) mass is 408 g/mol. The molecule has 0 aliphatic carbocycles. The van der Waals surface area contributed by atoms with Crippen LogP contribution in [0.3, 0.4) is 0 Å². The van der Waals surface area contributed by atoms with Crippen molar-refractivity contribution in [2.24, 2.45) is 0 Å². The molecule has 2 aromatic carbocycles. The van der Waals surface area contributed by atoms with Crippen molar-refractivity contribution in [1.29, 1.82) is 0 Å². The van der Waals surface area contributed by atoms with Crippen LogP contribution in [0.15, 0.2) is 47.4 Å². The lowest BCUT2D eigenvalue weighted by Gasteiger charge is -2.06. The van der Waals surface area contributed by atoms with Crippen LogP contribution in [-0.2, 0) is 0 Å². The number of thioether (sulfide) groups is 1. The smallest absolute Gasteiger partial charge is 0.288 e. The van der Waals surface area contributed by atoms with E-state index in [0.717, 1.165) is 23.3 Å². The van der Waals surface area contributed by atoms with E-state index in [1.165, 1.54) is 11.3 Å². The number of anilines is 1. The molecule has 0 saturated heterocycles. The Bertz CT molecular complexity index is 914. The summed E-state index contributed by atoms with van der Waals surface area (Å²) in [6.07, 6.45) is 2.04. The molecule has 0 spiro atoms. The third kappa shape index (κ3) is 5.40. The second-order valence-corrected chi connectivity index (χ2v) is 7.80. The zero-order valence-electron chi connectivity index (χ0n) is 14.6. The Morgan fingerprint density at radius 2 is 2.04 bits per heavy atom. The average Bonchev–Trinajstić information content (AvgIpc) is 3.03. The number of unbranched alkanes of at least 4 members (excludes halogenated alkanes) is 1. The quantitative estimate of drug-likeness (QED) is 0.365. The lowest BCUT2D eigenvalue weighted by molar-refractivity contribution is 0.102. The van der Waals surface area contributed by atoms with Crippen LogP contribution >= 0.6 is 23.1 Å². The first kappa shape index (κ1) is 19.6. The second-order valence-electron chi connectivity index (χ2n) is 5.71. The molecule has 0 atom stereocenters. The van der Waals surface area contributed by atoms with Gasteiger partial charge in [-0.1, -0.05) is 36.4 Å². The van der Waals surface area contributed by atoms with Crippen LogP contribution in [0.1, 0.15) is 30.1 Å². The normalized spacial score (nSPS) is 11.1. The summed E-state index contributed by atoms with van der Waals surface area (Å²) in [4.78, 5) is 17.2. The largest absolute Gasteiger partial charge is 0.494 e. The van der Waals surface area contributed by atoms with E-state index in [1.807, 2.05) is 0 Å². The number of carbonyl (C=O) groups excluding carboxylic acids is 1. The van der Waals surface area contributed by atoms with Gasteiger partial charge in [0.1, 0.15) is 5.75 Å². The van der Waals surface area contributed by atoms with Crippen molar-refractivity contribution in [3.63, 3.8) is 0 Å². The molecule has 3 aromatic rings. The summed E-state index contributed by atoms with van der Waals surface area (Å²) in [5.41, 5.74) is 1.15. The zero-order valence-corrected chi connectivity index (χ0v) is 16.2. The van der Waals surface area contributed by atoms with Crippen molar-refractivity contribution in [2.75, 3.05) is 11.9 Å². The number of amides is 1. The van der Waals surface area contributed by atoms with Gasteiger partial charge >= 0.3 is 0 Å². The fraction of sp³-hybridized carbons (Fsp3) is 0.263. The molecule has 1 N–H and O–H groups in total. The Labute approximate surface area is 163 Å². The third-order valence-corrected chi connectivity index (χ3v) is 5.33. The number of hydrogen-bond donors (Lipinski definition) is 1. The van der Waals surface area contributed by atoms with Crippen LogP contribution in [0.5, 0.6) is 5.75 Å². The van der Waals surface area contributed by atoms with Crippen molar-refractivity contribution in [3.05, 3.63) is 48.0 Å². The molecule has 0 aliphatic rings. The van der Waals surface area contributed by atoms with Gasteiger partial charge in [0, 0.05) is 10.5 Å². The summed E-state index contributed by atoms with van der Waals surface area (Å²) in [6, 6.07) is 11.8. The summed E-state index contributed by atoms with van der Waals surface area (Å²) in [7, 11) is 0. The highest BCUT2D eigenvalue weighted by Crippen LogP contribution is 2.32. The molecule has 0 bridgehead atoms. The molecule has 3 rings (SSSR count). The van der Waals surface area contributed by atoms with Gasteiger partial charge in [-0.05, 0) is 48.9 Å². The zero-order chi connectivity index (χ0) is 19.2. The van der Waals surface area contributed by atoms with E-state index in [-0.39, 0.29) is 5.91 Å². The van der Waals surface area contributed by atoms with Gasteiger partial charge in [0.2, 0.25) is 0 Å². The number of ether oxygens (including phenoxy) is 1. The van der Waals surface area contributed by atoms with Crippen molar-refractivity contribution in [1.82, 2.24) is 4.98 Å². The van der Waals surface area contributed by atoms with Gasteiger partial charge in [-0.3, -0.25) is 10.1 Å². The lowest BCUT2D eigenvalue weighted by atomic mass is 10.2. The summed E-state index contributed by atoms with van der Waals surface area (Å²) in [6.45, 7) is 2.75. The van der Waals surface area contributed by atoms with Crippen LogP contribution in [0.25, 0.3) is 10.2 Å². The third-order valence-electron chi connectivity index (χ3n) is 3.69. The number of hydrogen-bond acceptors (Lipinski definition) is 5. The van der Waals surface area contributed by atoms with Gasteiger partial charge in [-0.15, -0.1) is 0 Å². The molecule has 4 nitrogen and oxygen atoms in total. The van der Waals surface area contributed by atoms with Gasteiger partial charge in [0.15, 0.2) is 5.13 Å². The standard InChI is InChI=1S/C19H18F2N2O2S2/c1-2-3-10-25-13-6-4-12(5-7-13)17(24)23-19-22-15-9-8-14(26-18(20)21)11-16(15)27-19/h4-9,11,18H,2-3,10H2,1H3,(H,22,23,24).